The molecule has 0 spiro atoms. The van der Waals surface area contributed by atoms with Crippen LogP contribution in [-0.4, -0.2) is 31.3 Å². The number of carboxylic acids is 1. The molecule has 0 fully saturated rings. The number of aromatic nitrogens is 4. The van der Waals surface area contributed by atoms with Crippen LogP contribution < -0.4 is 0 Å². The quantitative estimate of drug-likeness (QED) is 0.926. The fourth-order valence-electron chi connectivity index (χ4n) is 1.89. The second-order valence-electron chi connectivity index (χ2n) is 4.83. The monoisotopic (exact) mass is 338 g/mol. The van der Waals surface area contributed by atoms with Crippen molar-refractivity contribution < 1.29 is 9.90 Å². The fourth-order valence-corrected chi connectivity index (χ4v) is 2.31. The van der Waals surface area contributed by atoms with E-state index in [1.54, 1.807) is 13.8 Å². The number of aryl methyl sites for hydroxylation is 1. The molecule has 0 radical (unpaired) electrons. The Kier molecular flexibility index (Phi) is 3.89. The van der Waals surface area contributed by atoms with Gasteiger partial charge in [-0.1, -0.05) is 34.5 Å². The van der Waals surface area contributed by atoms with Gasteiger partial charge in [0.2, 0.25) is 0 Å². The fraction of sp³-hybridized carbons (Fsp3) is 0.385. The molecule has 1 N–H and O–H groups in total. The molecule has 0 aliphatic heterocycles. The number of aliphatic carboxylic acids is 1. The topological polar surface area (TPSA) is 80.9 Å². The average molecular weight is 339 g/mol. The van der Waals surface area contributed by atoms with Crippen molar-refractivity contribution in [2.24, 2.45) is 0 Å². The predicted octanol–water partition coefficient (Wildman–Crippen LogP) is 2.62. The van der Waals surface area contributed by atoms with E-state index >= 15 is 0 Å². The Bertz CT molecular complexity index is 656. The van der Waals surface area contributed by atoms with Crippen molar-refractivity contribution >= 4 is 21.9 Å². The molecule has 106 valence electrons. The summed E-state index contributed by atoms with van der Waals surface area (Å²) in [7, 11) is 0. The Morgan fingerprint density at radius 2 is 2.20 bits per heavy atom. The standard InChI is InChI=1S/C13H15BrN4O2/c1-4-13(3,12(19)20)18-11(15-16-17-18)9-7-8(2)5-6-10(9)14/h5-7H,4H2,1-3H3,(H,19,20). The van der Waals surface area contributed by atoms with Crippen LogP contribution in [0, 0.1) is 6.92 Å². The normalized spacial score (nSPS) is 14.0. The van der Waals surface area contributed by atoms with E-state index in [2.05, 4.69) is 31.5 Å². The molecule has 0 aliphatic carbocycles. The van der Waals surface area contributed by atoms with Gasteiger partial charge < -0.3 is 5.11 Å². The number of rotatable bonds is 4. The van der Waals surface area contributed by atoms with Crippen LogP contribution in [0.3, 0.4) is 0 Å². The zero-order valence-electron chi connectivity index (χ0n) is 11.5. The lowest BCUT2D eigenvalue weighted by Gasteiger charge is -2.24. The van der Waals surface area contributed by atoms with E-state index in [0.717, 1.165) is 15.6 Å². The van der Waals surface area contributed by atoms with Gasteiger partial charge in [0.15, 0.2) is 11.4 Å². The largest absolute Gasteiger partial charge is 0.479 e. The van der Waals surface area contributed by atoms with Crippen LogP contribution in [0.2, 0.25) is 0 Å². The van der Waals surface area contributed by atoms with Gasteiger partial charge in [0, 0.05) is 10.0 Å². The summed E-state index contributed by atoms with van der Waals surface area (Å²) in [5.74, 6) is -0.523. The summed E-state index contributed by atoms with van der Waals surface area (Å²) in [6.07, 6.45) is 0.379. The Morgan fingerprint density at radius 1 is 1.50 bits per heavy atom. The van der Waals surface area contributed by atoms with Crippen molar-refractivity contribution in [3.05, 3.63) is 28.2 Å². The summed E-state index contributed by atoms with van der Waals surface area (Å²) in [5, 5.41) is 21.0. The lowest BCUT2D eigenvalue weighted by molar-refractivity contribution is -0.147. The van der Waals surface area contributed by atoms with Gasteiger partial charge in [-0.2, -0.15) is 0 Å². The molecule has 0 saturated carbocycles. The van der Waals surface area contributed by atoms with Gasteiger partial charge in [-0.25, -0.2) is 9.48 Å². The molecular formula is C13H15BrN4O2. The van der Waals surface area contributed by atoms with Crippen molar-refractivity contribution in [1.82, 2.24) is 20.2 Å². The maximum absolute atomic E-state index is 11.6. The van der Waals surface area contributed by atoms with Crippen molar-refractivity contribution in [3.8, 4) is 11.4 Å². The highest BCUT2D eigenvalue weighted by Crippen LogP contribution is 2.31. The number of tetrazole rings is 1. The minimum Gasteiger partial charge on any atom is -0.479 e. The lowest BCUT2D eigenvalue weighted by Crippen LogP contribution is -2.39. The maximum Gasteiger partial charge on any atom is 0.331 e. The first-order valence-electron chi connectivity index (χ1n) is 6.19. The average Bonchev–Trinajstić information content (AvgIpc) is 2.90. The van der Waals surface area contributed by atoms with Gasteiger partial charge in [0.25, 0.3) is 0 Å². The predicted molar refractivity (Wildman–Crippen MR) is 77.3 cm³/mol. The Hall–Kier alpha value is -1.76. The van der Waals surface area contributed by atoms with Crippen molar-refractivity contribution in [1.29, 1.82) is 0 Å². The van der Waals surface area contributed by atoms with Gasteiger partial charge in [-0.05, 0) is 42.8 Å². The van der Waals surface area contributed by atoms with Crippen LogP contribution in [0.25, 0.3) is 11.4 Å². The summed E-state index contributed by atoms with van der Waals surface area (Å²) < 4.78 is 2.19. The van der Waals surface area contributed by atoms with Gasteiger partial charge in [0.1, 0.15) is 0 Å². The highest BCUT2D eigenvalue weighted by Gasteiger charge is 2.37. The lowest BCUT2D eigenvalue weighted by atomic mass is 9.99. The summed E-state index contributed by atoms with van der Waals surface area (Å²) in [6.45, 7) is 5.37. The van der Waals surface area contributed by atoms with Gasteiger partial charge in [-0.15, -0.1) is 5.10 Å². The van der Waals surface area contributed by atoms with Crippen LogP contribution in [0.15, 0.2) is 22.7 Å². The second kappa shape index (κ2) is 5.32. The molecule has 0 aliphatic rings. The molecule has 2 rings (SSSR count). The third kappa shape index (κ3) is 2.33. The first-order valence-corrected chi connectivity index (χ1v) is 6.98. The van der Waals surface area contributed by atoms with E-state index in [1.165, 1.54) is 4.68 Å². The molecule has 1 aromatic heterocycles. The van der Waals surface area contributed by atoms with Gasteiger partial charge in [-0.3, -0.25) is 0 Å². The maximum atomic E-state index is 11.6. The number of halogens is 1. The van der Waals surface area contributed by atoms with E-state index < -0.39 is 11.5 Å². The molecule has 0 bridgehead atoms. The number of hydrogen-bond acceptors (Lipinski definition) is 4. The molecule has 2 aromatic rings. The van der Waals surface area contributed by atoms with Crippen molar-refractivity contribution in [2.45, 2.75) is 32.7 Å². The number of carbonyl (C=O) groups is 1. The molecule has 1 heterocycles. The zero-order valence-corrected chi connectivity index (χ0v) is 13.0. The number of hydrogen-bond donors (Lipinski definition) is 1. The molecule has 1 aromatic carbocycles. The first kappa shape index (κ1) is 14.6. The number of nitrogens with zero attached hydrogens (tertiary/aromatic N) is 4. The highest BCUT2D eigenvalue weighted by molar-refractivity contribution is 9.10. The van der Waals surface area contributed by atoms with Gasteiger partial charge in [0.05, 0.1) is 0 Å². The Balaban J connectivity index is 2.64. The van der Waals surface area contributed by atoms with Gasteiger partial charge >= 0.3 is 5.97 Å². The highest BCUT2D eigenvalue weighted by atomic mass is 79.9. The van der Waals surface area contributed by atoms with Crippen LogP contribution in [-0.2, 0) is 10.3 Å². The second-order valence-corrected chi connectivity index (χ2v) is 5.68. The summed E-state index contributed by atoms with van der Waals surface area (Å²) in [4.78, 5) is 11.6. The van der Waals surface area contributed by atoms with Crippen molar-refractivity contribution in [3.63, 3.8) is 0 Å². The minimum atomic E-state index is -1.18. The Labute approximate surface area is 124 Å². The van der Waals surface area contributed by atoms with Crippen LogP contribution in [0.5, 0.6) is 0 Å². The molecule has 7 heteroatoms. The van der Waals surface area contributed by atoms with E-state index in [9.17, 15) is 9.90 Å². The van der Waals surface area contributed by atoms with Crippen LogP contribution in [0.1, 0.15) is 25.8 Å². The Morgan fingerprint density at radius 3 is 2.80 bits per heavy atom. The van der Waals surface area contributed by atoms with E-state index in [-0.39, 0.29) is 0 Å². The molecule has 6 nitrogen and oxygen atoms in total. The van der Waals surface area contributed by atoms with E-state index in [1.807, 2.05) is 25.1 Å². The summed E-state index contributed by atoms with van der Waals surface area (Å²) >= 11 is 3.46. The number of carboxylic acid groups (broad SMARTS) is 1. The molecule has 0 amide bonds. The van der Waals surface area contributed by atoms with Crippen molar-refractivity contribution in [2.75, 3.05) is 0 Å². The number of benzene rings is 1. The van der Waals surface area contributed by atoms with Crippen LogP contribution in [0.4, 0.5) is 0 Å². The molecule has 1 atom stereocenters. The summed E-state index contributed by atoms with van der Waals surface area (Å²) in [5.41, 5.74) is 0.643. The SMILES string of the molecule is CCC(C)(C(=O)O)n1nnnc1-c1cc(C)ccc1Br. The smallest absolute Gasteiger partial charge is 0.331 e. The molecule has 1 unspecified atom stereocenters. The zero-order chi connectivity index (χ0) is 14.9. The third-order valence-electron chi connectivity index (χ3n) is 3.45. The third-order valence-corrected chi connectivity index (χ3v) is 4.14. The summed E-state index contributed by atoms with van der Waals surface area (Å²) in [6, 6.07) is 5.77. The first-order chi connectivity index (χ1) is 9.40. The minimum absolute atomic E-state index is 0.379. The van der Waals surface area contributed by atoms with E-state index in [0.29, 0.717) is 12.2 Å². The van der Waals surface area contributed by atoms with E-state index in [4.69, 9.17) is 0 Å². The molecule has 0 saturated heterocycles. The molecular weight excluding hydrogens is 324 g/mol. The van der Waals surface area contributed by atoms with Crippen LogP contribution >= 0.6 is 15.9 Å². The molecule has 20 heavy (non-hydrogen) atoms.